The molecule has 3 heteroatoms. The number of rotatable bonds is 8. The summed E-state index contributed by atoms with van der Waals surface area (Å²) in [7, 11) is 0. The van der Waals surface area contributed by atoms with Gasteiger partial charge >= 0.3 is 0 Å². The van der Waals surface area contributed by atoms with Crippen LogP contribution < -0.4 is 0 Å². The van der Waals surface area contributed by atoms with Crippen molar-refractivity contribution in [3.8, 4) is 0 Å². The molecular weight excluding hydrogens is 180 g/mol. The van der Waals surface area contributed by atoms with Crippen molar-refractivity contribution in [3.05, 3.63) is 0 Å². The lowest BCUT2D eigenvalue weighted by Crippen LogP contribution is -2.34. The van der Waals surface area contributed by atoms with E-state index in [1.54, 1.807) is 0 Å². The van der Waals surface area contributed by atoms with Crippen molar-refractivity contribution in [2.75, 3.05) is 19.8 Å². The van der Waals surface area contributed by atoms with Crippen LogP contribution in [0.4, 0.5) is 0 Å². The van der Waals surface area contributed by atoms with Crippen LogP contribution >= 0.6 is 0 Å². The zero-order valence-corrected chi connectivity index (χ0v) is 10.1. The van der Waals surface area contributed by atoms with Crippen LogP contribution in [0.1, 0.15) is 34.6 Å². The van der Waals surface area contributed by atoms with Crippen molar-refractivity contribution in [3.63, 3.8) is 0 Å². The molecule has 0 heterocycles. The Balaban J connectivity index is 4.03. The van der Waals surface area contributed by atoms with Gasteiger partial charge in [0.05, 0.1) is 6.10 Å². The van der Waals surface area contributed by atoms with Crippen molar-refractivity contribution >= 4 is 0 Å². The summed E-state index contributed by atoms with van der Waals surface area (Å²) in [6.07, 6.45) is 0.0228. The third kappa shape index (κ3) is 4.94. The summed E-state index contributed by atoms with van der Waals surface area (Å²) in [6, 6.07) is 0. The van der Waals surface area contributed by atoms with Crippen molar-refractivity contribution in [1.82, 2.24) is 0 Å². The first-order chi connectivity index (χ1) is 6.67. The Morgan fingerprint density at radius 2 is 1.21 bits per heavy atom. The molecule has 0 aliphatic heterocycles. The Kier molecular flexibility index (Phi) is 8.14. The maximum atomic E-state index is 5.52. The molecule has 0 fully saturated rings. The molecule has 0 saturated heterocycles. The minimum absolute atomic E-state index is 0.147. The van der Waals surface area contributed by atoms with E-state index in [2.05, 4.69) is 13.8 Å². The van der Waals surface area contributed by atoms with Crippen molar-refractivity contribution in [2.45, 2.75) is 47.0 Å². The van der Waals surface area contributed by atoms with Gasteiger partial charge in [-0.1, -0.05) is 6.92 Å². The van der Waals surface area contributed by atoms with Gasteiger partial charge in [0.15, 0.2) is 6.29 Å². The van der Waals surface area contributed by atoms with Gasteiger partial charge in [-0.05, 0) is 27.7 Å². The maximum absolute atomic E-state index is 5.52. The van der Waals surface area contributed by atoms with Crippen LogP contribution in [0.15, 0.2) is 0 Å². The zero-order chi connectivity index (χ0) is 11.0. The highest BCUT2D eigenvalue weighted by atomic mass is 16.7. The first-order valence-corrected chi connectivity index (χ1v) is 5.52. The van der Waals surface area contributed by atoms with Crippen molar-refractivity contribution in [1.29, 1.82) is 0 Å². The molecule has 0 bridgehead atoms. The standard InChI is InChI=1S/C11H24O3/c1-6-12-10(5)9(4)11(13-7-2)14-8-3/h9-11H,6-8H2,1-5H3/t9-,10+/m1/s1. The zero-order valence-electron chi connectivity index (χ0n) is 10.1. The predicted molar refractivity (Wildman–Crippen MR) is 57.3 cm³/mol. The first-order valence-electron chi connectivity index (χ1n) is 5.52. The maximum Gasteiger partial charge on any atom is 0.162 e. The third-order valence-corrected chi connectivity index (χ3v) is 2.26. The molecule has 0 spiro atoms. The molecule has 86 valence electrons. The van der Waals surface area contributed by atoms with E-state index in [4.69, 9.17) is 14.2 Å². The molecule has 0 N–H and O–H groups in total. The number of ether oxygens (including phenoxy) is 3. The van der Waals surface area contributed by atoms with Crippen LogP contribution in [0.3, 0.4) is 0 Å². The fourth-order valence-electron chi connectivity index (χ4n) is 1.32. The predicted octanol–water partition coefficient (Wildman–Crippen LogP) is 2.45. The summed E-state index contributed by atoms with van der Waals surface area (Å²) >= 11 is 0. The largest absolute Gasteiger partial charge is 0.378 e. The molecular formula is C11H24O3. The summed E-state index contributed by atoms with van der Waals surface area (Å²) < 4.78 is 16.5. The molecule has 0 unspecified atom stereocenters. The van der Waals surface area contributed by atoms with Crippen LogP contribution in [-0.4, -0.2) is 32.2 Å². The molecule has 3 nitrogen and oxygen atoms in total. The fraction of sp³-hybridized carbons (Fsp3) is 1.00. The van der Waals surface area contributed by atoms with E-state index < -0.39 is 0 Å². The summed E-state index contributed by atoms with van der Waals surface area (Å²) in [5.41, 5.74) is 0. The topological polar surface area (TPSA) is 27.7 Å². The van der Waals surface area contributed by atoms with Gasteiger partial charge in [0.2, 0.25) is 0 Å². The summed E-state index contributed by atoms with van der Waals surface area (Å²) in [6.45, 7) is 12.2. The highest BCUT2D eigenvalue weighted by molar-refractivity contribution is 4.65. The van der Waals surface area contributed by atoms with Crippen LogP contribution in [0.5, 0.6) is 0 Å². The SMILES string of the molecule is CCOC(OCC)[C@H](C)[C@H](C)OCC. The van der Waals surface area contributed by atoms with Crippen molar-refractivity contribution in [2.24, 2.45) is 5.92 Å². The van der Waals surface area contributed by atoms with Gasteiger partial charge in [0, 0.05) is 25.7 Å². The monoisotopic (exact) mass is 204 g/mol. The van der Waals surface area contributed by atoms with E-state index in [1.165, 1.54) is 0 Å². The fourth-order valence-corrected chi connectivity index (χ4v) is 1.32. The molecule has 0 aromatic rings. The van der Waals surface area contributed by atoms with Crippen molar-refractivity contribution < 1.29 is 14.2 Å². The van der Waals surface area contributed by atoms with Gasteiger partial charge in [-0.15, -0.1) is 0 Å². The normalized spacial score (nSPS) is 15.9. The Morgan fingerprint density at radius 3 is 1.57 bits per heavy atom. The van der Waals surface area contributed by atoms with E-state index in [9.17, 15) is 0 Å². The van der Waals surface area contributed by atoms with Gasteiger partial charge in [-0.3, -0.25) is 0 Å². The van der Waals surface area contributed by atoms with Gasteiger partial charge in [-0.2, -0.15) is 0 Å². The second-order valence-corrected chi connectivity index (χ2v) is 3.30. The minimum atomic E-state index is -0.147. The van der Waals surface area contributed by atoms with Crippen LogP contribution in [-0.2, 0) is 14.2 Å². The molecule has 0 aliphatic carbocycles. The molecule has 0 aromatic carbocycles. The first kappa shape index (κ1) is 13.9. The number of hydrogen-bond donors (Lipinski definition) is 0. The van der Waals surface area contributed by atoms with E-state index >= 15 is 0 Å². The van der Waals surface area contributed by atoms with Gasteiger partial charge in [-0.25, -0.2) is 0 Å². The van der Waals surface area contributed by atoms with Gasteiger partial charge in [0.25, 0.3) is 0 Å². The Labute approximate surface area is 87.7 Å². The Morgan fingerprint density at radius 1 is 0.786 bits per heavy atom. The summed E-state index contributed by atoms with van der Waals surface area (Å²) in [5, 5.41) is 0. The van der Waals surface area contributed by atoms with E-state index in [1.807, 2.05) is 20.8 Å². The van der Waals surface area contributed by atoms with E-state index in [-0.39, 0.29) is 18.3 Å². The van der Waals surface area contributed by atoms with Crippen LogP contribution in [0, 0.1) is 5.92 Å². The molecule has 0 aliphatic rings. The second kappa shape index (κ2) is 8.21. The van der Waals surface area contributed by atoms with E-state index in [0.717, 1.165) is 6.61 Å². The average molecular weight is 204 g/mol. The molecule has 0 amide bonds. The quantitative estimate of drug-likeness (QED) is 0.568. The lowest BCUT2D eigenvalue weighted by molar-refractivity contribution is -0.185. The number of hydrogen-bond acceptors (Lipinski definition) is 3. The molecule has 0 saturated carbocycles. The molecule has 0 aromatic heterocycles. The van der Waals surface area contributed by atoms with Crippen LogP contribution in [0.25, 0.3) is 0 Å². The molecule has 2 atom stereocenters. The van der Waals surface area contributed by atoms with Crippen LogP contribution in [0.2, 0.25) is 0 Å². The minimum Gasteiger partial charge on any atom is -0.378 e. The van der Waals surface area contributed by atoms with E-state index in [0.29, 0.717) is 13.2 Å². The lowest BCUT2D eigenvalue weighted by atomic mass is 10.1. The molecule has 0 rings (SSSR count). The van der Waals surface area contributed by atoms with Gasteiger partial charge < -0.3 is 14.2 Å². The summed E-state index contributed by atoms with van der Waals surface area (Å²) in [4.78, 5) is 0. The second-order valence-electron chi connectivity index (χ2n) is 3.30. The molecule has 14 heavy (non-hydrogen) atoms. The third-order valence-electron chi connectivity index (χ3n) is 2.26. The highest BCUT2D eigenvalue weighted by Crippen LogP contribution is 2.16. The smallest absolute Gasteiger partial charge is 0.162 e. The lowest BCUT2D eigenvalue weighted by Gasteiger charge is -2.28. The molecule has 0 radical (unpaired) electrons. The van der Waals surface area contributed by atoms with Gasteiger partial charge in [0.1, 0.15) is 0 Å². The Hall–Kier alpha value is -0.120. The average Bonchev–Trinajstić information content (AvgIpc) is 2.17. The summed E-state index contributed by atoms with van der Waals surface area (Å²) in [5.74, 6) is 0.259. The highest BCUT2D eigenvalue weighted by Gasteiger charge is 2.23. The Bertz CT molecular complexity index is 122.